The van der Waals surface area contributed by atoms with Crippen molar-refractivity contribution in [3.05, 3.63) is 54.1 Å². The van der Waals surface area contributed by atoms with Gasteiger partial charge in [0.05, 0.1) is 18.6 Å². The van der Waals surface area contributed by atoms with Crippen molar-refractivity contribution in [1.82, 2.24) is 4.72 Å². The van der Waals surface area contributed by atoms with E-state index in [1.54, 1.807) is 37.5 Å². The summed E-state index contributed by atoms with van der Waals surface area (Å²) in [4.78, 5) is 12.4. The summed E-state index contributed by atoms with van der Waals surface area (Å²) in [7, 11) is -2.01. The quantitative estimate of drug-likeness (QED) is 0.613. The third-order valence-corrected chi connectivity index (χ3v) is 5.74. The molecule has 0 atom stereocenters. The van der Waals surface area contributed by atoms with E-state index in [0.717, 1.165) is 18.4 Å². The molecule has 8 heteroatoms. The van der Waals surface area contributed by atoms with Crippen LogP contribution < -0.4 is 19.5 Å². The van der Waals surface area contributed by atoms with Crippen molar-refractivity contribution < 1.29 is 22.7 Å². The second-order valence-electron chi connectivity index (χ2n) is 6.59. The zero-order valence-electron chi connectivity index (χ0n) is 16.3. The standard InChI is InChI=1S/C21H24N2O5S/c1-3-28-20-13-15(7-11-19(20)27-2)8-12-21(24)22-17-5-4-6-18(14-17)29(25,26)23-16-9-10-16/h4-8,11-14,16,23H,3,9-10H2,1-2H3,(H,22,24)/b12-8+. The number of nitrogens with one attached hydrogen (secondary N) is 2. The van der Waals surface area contributed by atoms with Gasteiger partial charge in [-0.15, -0.1) is 0 Å². The van der Waals surface area contributed by atoms with E-state index in [9.17, 15) is 13.2 Å². The lowest BCUT2D eigenvalue weighted by atomic mass is 10.2. The lowest BCUT2D eigenvalue weighted by molar-refractivity contribution is -0.111. The van der Waals surface area contributed by atoms with E-state index in [1.807, 2.05) is 13.0 Å². The maximum absolute atomic E-state index is 12.3. The summed E-state index contributed by atoms with van der Waals surface area (Å²) in [6.07, 6.45) is 4.74. The van der Waals surface area contributed by atoms with E-state index in [1.165, 1.54) is 18.2 Å². The maximum Gasteiger partial charge on any atom is 0.248 e. The molecule has 1 saturated carbocycles. The van der Waals surface area contributed by atoms with Crippen LogP contribution in [0.5, 0.6) is 11.5 Å². The molecule has 29 heavy (non-hydrogen) atoms. The summed E-state index contributed by atoms with van der Waals surface area (Å²) in [5.41, 5.74) is 1.18. The van der Waals surface area contributed by atoms with Gasteiger partial charge < -0.3 is 14.8 Å². The monoisotopic (exact) mass is 416 g/mol. The lowest BCUT2D eigenvalue weighted by Gasteiger charge is -2.09. The van der Waals surface area contributed by atoms with Crippen LogP contribution in [-0.2, 0) is 14.8 Å². The zero-order chi connectivity index (χ0) is 20.9. The summed E-state index contributed by atoms with van der Waals surface area (Å²) in [5, 5.41) is 2.68. The molecule has 0 aromatic heterocycles. The molecular weight excluding hydrogens is 392 g/mol. The first-order valence-electron chi connectivity index (χ1n) is 9.33. The van der Waals surface area contributed by atoms with E-state index < -0.39 is 10.0 Å². The van der Waals surface area contributed by atoms with Crippen molar-refractivity contribution in [1.29, 1.82) is 0 Å². The highest BCUT2D eigenvalue weighted by molar-refractivity contribution is 7.89. The molecule has 2 N–H and O–H groups in total. The fraction of sp³-hybridized carbons (Fsp3) is 0.286. The smallest absolute Gasteiger partial charge is 0.248 e. The molecule has 0 spiro atoms. The number of sulfonamides is 1. The van der Waals surface area contributed by atoms with Crippen molar-refractivity contribution in [2.75, 3.05) is 19.0 Å². The molecule has 2 aromatic rings. The largest absolute Gasteiger partial charge is 0.493 e. The van der Waals surface area contributed by atoms with Gasteiger partial charge in [0, 0.05) is 17.8 Å². The van der Waals surface area contributed by atoms with E-state index in [-0.39, 0.29) is 16.8 Å². The van der Waals surface area contributed by atoms with Gasteiger partial charge in [-0.25, -0.2) is 13.1 Å². The molecule has 1 aliphatic rings. The fourth-order valence-electron chi connectivity index (χ4n) is 2.65. The Morgan fingerprint density at radius 2 is 1.97 bits per heavy atom. The molecule has 1 fully saturated rings. The third kappa shape index (κ3) is 5.82. The number of benzene rings is 2. The summed E-state index contributed by atoms with van der Waals surface area (Å²) >= 11 is 0. The predicted molar refractivity (Wildman–Crippen MR) is 112 cm³/mol. The van der Waals surface area contributed by atoms with Gasteiger partial charge in [-0.05, 0) is 61.7 Å². The topological polar surface area (TPSA) is 93.7 Å². The fourth-order valence-corrected chi connectivity index (χ4v) is 4.00. The molecule has 0 aliphatic heterocycles. The first-order chi connectivity index (χ1) is 13.9. The van der Waals surface area contributed by atoms with Crippen molar-refractivity contribution in [3.8, 4) is 11.5 Å². The Morgan fingerprint density at radius 1 is 1.17 bits per heavy atom. The molecule has 0 unspecified atom stereocenters. The summed E-state index contributed by atoms with van der Waals surface area (Å²) in [6, 6.07) is 11.6. The van der Waals surface area contributed by atoms with E-state index >= 15 is 0 Å². The van der Waals surface area contributed by atoms with Crippen LogP contribution in [0.3, 0.4) is 0 Å². The van der Waals surface area contributed by atoms with Crippen LogP contribution in [0.25, 0.3) is 6.08 Å². The van der Waals surface area contributed by atoms with Gasteiger partial charge in [-0.2, -0.15) is 0 Å². The van der Waals surface area contributed by atoms with Crippen molar-refractivity contribution in [3.63, 3.8) is 0 Å². The first-order valence-corrected chi connectivity index (χ1v) is 10.8. The minimum absolute atomic E-state index is 0.0206. The average Bonchev–Trinajstić information content (AvgIpc) is 3.50. The highest BCUT2D eigenvalue weighted by atomic mass is 32.2. The Labute approximate surface area is 170 Å². The van der Waals surface area contributed by atoms with E-state index in [0.29, 0.717) is 23.8 Å². The Kier molecular flexibility index (Phi) is 6.56. The van der Waals surface area contributed by atoms with Gasteiger partial charge in [0.25, 0.3) is 0 Å². The highest BCUT2D eigenvalue weighted by Gasteiger charge is 2.28. The number of hydrogen-bond acceptors (Lipinski definition) is 5. The van der Waals surface area contributed by atoms with Crippen LogP contribution in [0.2, 0.25) is 0 Å². The van der Waals surface area contributed by atoms with E-state index in [4.69, 9.17) is 9.47 Å². The molecule has 154 valence electrons. The van der Waals surface area contributed by atoms with Gasteiger partial charge in [-0.1, -0.05) is 12.1 Å². The van der Waals surface area contributed by atoms with Gasteiger partial charge in [0.15, 0.2) is 11.5 Å². The molecule has 0 bridgehead atoms. The Balaban J connectivity index is 1.67. The second-order valence-corrected chi connectivity index (χ2v) is 8.30. The van der Waals surface area contributed by atoms with Crippen molar-refractivity contribution in [2.24, 2.45) is 0 Å². The Bertz CT molecular complexity index is 1010. The van der Waals surface area contributed by atoms with Crippen LogP contribution in [0.1, 0.15) is 25.3 Å². The minimum Gasteiger partial charge on any atom is -0.493 e. The SMILES string of the molecule is CCOc1cc(/C=C/C(=O)Nc2cccc(S(=O)(=O)NC3CC3)c2)ccc1OC. The number of ether oxygens (including phenoxy) is 2. The second kappa shape index (κ2) is 9.11. The highest BCUT2D eigenvalue weighted by Crippen LogP contribution is 2.28. The summed E-state index contributed by atoms with van der Waals surface area (Å²) in [6.45, 7) is 2.38. The number of carbonyl (C=O) groups excluding carboxylic acids is 1. The van der Waals surface area contributed by atoms with Crippen molar-refractivity contribution >= 4 is 27.7 Å². The molecular formula is C21H24N2O5S. The Hall–Kier alpha value is -2.84. The average molecular weight is 416 g/mol. The van der Waals surface area contributed by atoms with E-state index in [2.05, 4.69) is 10.0 Å². The molecule has 1 aliphatic carbocycles. The van der Waals surface area contributed by atoms with Crippen LogP contribution in [0.15, 0.2) is 53.4 Å². The number of amides is 1. The maximum atomic E-state index is 12.3. The number of hydrogen-bond donors (Lipinski definition) is 2. The predicted octanol–water partition coefficient (Wildman–Crippen LogP) is 3.19. The zero-order valence-corrected chi connectivity index (χ0v) is 17.2. The van der Waals surface area contributed by atoms with Gasteiger partial charge in [0.1, 0.15) is 0 Å². The number of anilines is 1. The summed E-state index contributed by atoms with van der Waals surface area (Å²) in [5.74, 6) is 0.841. The minimum atomic E-state index is -3.57. The number of rotatable bonds is 9. The molecule has 7 nitrogen and oxygen atoms in total. The number of methoxy groups -OCH3 is 1. The van der Waals surface area contributed by atoms with Crippen LogP contribution in [0, 0.1) is 0 Å². The van der Waals surface area contributed by atoms with Crippen molar-refractivity contribution in [2.45, 2.75) is 30.7 Å². The molecule has 2 aromatic carbocycles. The molecule has 0 saturated heterocycles. The molecule has 3 rings (SSSR count). The van der Waals surface area contributed by atoms with Gasteiger partial charge in [0.2, 0.25) is 15.9 Å². The Morgan fingerprint density at radius 3 is 2.66 bits per heavy atom. The molecule has 0 radical (unpaired) electrons. The van der Waals surface area contributed by atoms with Crippen LogP contribution in [0.4, 0.5) is 5.69 Å². The third-order valence-electron chi connectivity index (χ3n) is 4.23. The van der Waals surface area contributed by atoms with Gasteiger partial charge in [-0.3, -0.25) is 4.79 Å². The normalized spacial score (nSPS) is 14.0. The van der Waals surface area contributed by atoms with Crippen LogP contribution >= 0.6 is 0 Å². The molecule has 0 heterocycles. The van der Waals surface area contributed by atoms with Crippen LogP contribution in [-0.4, -0.2) is 34.1 Å². The summed E-state index contributed by atoms with van der Waals surface area (Å²) < 4.78 is 38.0. The lowest BCUT2D eigenvalue weighted by Crippen LogP contribution is -2.25. The van der Waals surface area contributed by atoms with Gasteiger partial charge >= 0.3 is 0 Å². The molecule has 1 amide bonds. The number of carbonyl (C=O) groups is 1. The first kappa shape index (κ1) is 20.9.